The summed E-state index contributed by atoms with van der Waals surface area (Å²) in [5.41, 5.74) is 0. The highest BCUT2D eigenvalue weighted by Crippen LogP contribution is 2.18. The number of aliphatic carboxylic acids is 1. The fourth-order valence-electron chi connectivity index (χ4n) is 2.57. The van der Waals surface area contributed by atoms with Gasteiger partial charge in [0.1, 0.15) is 6.04 Å². The van der Waals surface area contributed by atoms with Crippen LogP contribution in [0.15, 0.2) is 0 Å². The number of carboxylic acid groups (broad SMARTS) is 1. The number of ether oxygens (including phenoxy) is 1. The summed E-state index contributed by atoms with van der Waals surface area (Å²) in [6, 6.07) is -1.35. The van der Waals surface area contributed by atoms with Crippen LogP contribution in [0.25, 0.3) is 0 Å². The fourth-order valence-corrected chi connectivity index (χ4v) is 2.57. The van der Waals surface area contributed by atoms with Crippen molar-refractivity contribution in [2.24, 2.45) is 5.92 Å². The Hall–Kier alpha value is -1.34. The first-order valence-corrected chi connectivity index (χ1v) is 6.61. The van der Waals surface area contributed by atoms with Crippen molar-refractivity contribution in [2.75, 3.05) is 26.3 Å². The number of aliphatic hydroxyl groups is 1. The Balaban J connectivity index is 1.82. The van der Waals surface area contributed by atoms with Crippen LogP contribution in [0.5, 0.6) is 0 Å². The van der Waals surface area contributed by atoms with Gasteiger partial charge >= 0.3 is 12.0 Å². The quantitative estimate of drug-likeness (QED) is 0.652. The minimum atomic E-state index is -1.08. The first kappa shape index (κ1) is 14.1. The number of aliphatic hydroxyl groups excluding tert-OH is 1. The lowest BCUT2D eigenvalue weighted by atomic mass is 10.0. The SMILES string of the molecule is O=C(O)[C@@H]1CC(O)CN1C(=O)NCC1CCCOC1. The van der Waals surface area contributed by atoms with E-state index in [0.29, 0.717) is 13.2 Å². The number of carbonyl (C=O) groups is 2. The first-order valence-electron chi connectivity index (χ1n) is 6.61. The molecule has 0 aromatic rings. The number of carbonyl (C=O) groups excluding carboxylic acids is 1. The third-order valence-electron chi connectivity index (χ3n) is 3.62. The molecule has 108 valence electrons. The van der Waals surface area contributed by atoms with Gasteiger partial charge in [0.05, 0.1) is 12.7 Å². The molecule has 2 unspecified atom stereocenters. The van der Waals surface area contributed by atoms with Crippen LogP contribution in [0.2, 0.25) is 0 Å². The van der Waals surface area contributed by atoms with Gasteiger partial charge in [0.15, 0.2) is 0 Å². The molecule has 2 saturated heterocycles. The molecule has 0 radical (unpaired) electrons. The highest BCUT2D eigenvalue weighted by molar-refractivity contribution is 5.83. The lowest BCUT2D eigenvalue weighted by Crippen LogP contribution is -2.47. The number of hydrogen-bond donors (Lipinski definition) is 3. The largest absolute Gasteiger partial charge is 0.480 e. The van der Waals surface area contributed by atoms with E-state index in [0.717, 1.165) is 19.4 Å². The van der Waals surface area contributed by atoms with Crippen LogP contribution in [0.3, 0.4) is 0 Å². The van der Waals surface area contributed by atoms with E-state index in [4.69, 9.17) is 9.84 Å². The van der Waals surface area contributed by atoms with Crippen molar-refractivity contribution in [2.45, 2.75) is 31.4 Å². The van der Waals surface area contributed by atoms with Crippen LogP contribution in [0.4, 0.5) is 4.79 Å². The van der Waals surface area contributed by atoms with Crippen LogP contribution in [-0.2, 0) is 9.53 Å². The zero-order valence-electron chi connectivity index (χ0n) is 10.7. The molecule has 0 aliphatic carbocycles. The van der Waals surface area contributed by atoms with E-state index in [-0.39, 0.29) is 18.9 Å². The first-order chi connectivity index (χ1) is 9.08. The third-order valence-corrected chi connectivity index (χ3v) is 3.62. The molecule has 7 heteroatoms. The Labute approximate surface area is 111 Å². The topological polar surface area (TPSA) is 99.1 Å². The van der Waals surface area contributed by atoms with Crippen molar-refractivity contribution in [3.8, 4) is 0 Å². The molecule has 0 aromatic carbocycles. The van der Waals surface area contributed by atoms with Crippen LogP contribution in [-0.4, -0.2) is 65.6 Å². The van der Waals surface area contributed by atoms with Crippen LogP contribution < -0.4 is 5.32 Å². The second-order valence-electron chi connectivity index (χ2n) is 5.17. The van der Waals surface area contributed by atoms with E-state index in [1.54, 1.807) is 0 Å². The lowest BCUT2D eigenvalue weighted by molar-refractivity contribution is -0.141. The van der Waals surface area contributed by atoms with Crippen LogP contribution in [0.1, 0.15) is 19.3 Å². The van der Waals surface area contributed by atoms with E-state index in [1.165, 1.54) is 4.90 Å². The molecule has 0 aromatic heterocycles. The highest BCUT2D eigenvalue weighted by Gasteiger charge is 2.39. The van der Waals surface area contributed by atoms with Gasteiger partial charge in [-0.1, -0.05) is 0 Å². The molecule has 3 atom stereocenters. The predicted molar refractivity (Wildman–Crippen MR) is 65.7 cm³/mol. The summed E-state index contributed by atoms with van der Waals surface area (Å²) in [5, 5.41) is 21.2. The number of rotatable bonds is 3. The maximum absolute atomic E-state index is 11.9. The van der Waals surface area contributed by atoms with E-state index in [1.807, 2.05) is 0 Å². The second kappa shape index (κ2) is 6.21. The summed E-state index contributed by atoms with van der Waals surface area (Å²) in [6.45, 7) is 1.96. The molecular formula is C12H20N2O5. The molecule has 2 fully saturated rings. The van der Waals surface area contributed by atoms with Gasteiger partial charge in [-0.15, -0.1) is 0 Å². The van der Waals surface area contributed by atoms with E-state index < -0.39 is 24.1 Å². The smallest absolute Gasteiger partial charge is 0.326 e. The zero-order valence-corrected chi connectivity index (χ0v) is 10.7. The van der Waals surface area contributed by atoms with Crippen molar-refractivity contribution in [3.05, 3.63) is 0 Å². The van der Waals surface area contributed by atoms with Gasteiger partial charge in [0, 0.05) is 26.1 Å². The van der Waals surface area contributed by atoms with Gasteiger partial charge in [-0.3, -0.25) is 0 Å². The highest BCUT2D eigenvalue weighted by atomic mass is 16.5. The maximum atomic E-state index is 11.9. The van der Waals surface area contributed by atoms with E-state index in [2.05, 4.69) is 5.32 Å². The third kappa shape index (κ3) is 3.57. The Morgan fingerprint density at radius 2 is 2.21 bits per heavy atom. The Kier molecular flexibility index (Phi) is 4.60. The zero-order chi connectivity index (χ0) is 13.8. The number of β-amino-alcohol motifs (C(OH)–C–C–N with tert-alkyl or cyclic N) is 1. The van der Waals surface area contributed by atoms with E-state index in [9.17, 15) is 14.7 Å². The summed E-state index contributed by atoms with van der Waals surface area (Å²) < 4.78 is 5.32. The summed E-state index contributed by atoms with van der Waals surface area (Å²) in [6.07, 6.45) is 1.33. The summed E-state index contributed by atoms with van der Waals surface area (Å²) in [5.74, 6) is -0.791. The minimum absolute atomic E-state index is 0.0734. The van der Waals surface area contributed by atoms with Gasteiger partial charge in [-0.05, 0) is 18.8 Å². The minimum Gasteiger partial charge on any atom is -0.480 e. The van der Waals surface area contributed by atoms with Gasteiger partial charge in [0.2, 0.25) is 0 Å². The van der Waals surface area contributed by atoms with Gasteiger partial charge in [-0.2, -0.15) is 0 Å². The number of carboxylic acids is 1. The van der Waals surface area contributed by atoms with E-state index >= 15 is 0 Å². The molecule has 2 aliphatic rings. The number of urea groups is 1. The molecule has 2 amide bonds. The average molecular weight is 272 g/mol. The summed E-state index contributed by atoms with van der Waals surface area (Å²) >= 11 is 0. The predicted octanol–water partition coefficient (Wildman–Crippen LogP) is -0.358. The molecule has 0 spiro atoms. The fraction of sp³-hybridized carbons (Fsp3) is 0.833. The molecule has 0 saturated carbocycles. The molecule has 19 heavy (non-hydrogen) atoms. The summed E-state index contributed by atoms with van der Waals surface area (Å²) in [7, 11) is 0. The van der Waals surface area contributed by atoms with Crippen molar-refractivity contribution < 1.29 is 24.5 Å². The van der Waals surface area contributed by atoms with Gasteiger partial charge < -0.3 is 25.2 Å². The number of likely N-dealkylation sites (tertiary alicyclic amines) is 1. The Morgan fingerprint density at radius 1 is 1.42 bits per heavy atom. The maximum Gasteiger partial charge on any atom is 0.326 e. The normalized spacial score (nSPS) is 31.2. The summed E-state index contributed by atoms with van der Waals surface area (Å²) in [4.78, 5) is 24.2. The Bertz CT molecular complexity index is 343. The molecule has 2 heterocycles. The van der Waals surface area contributed by atoms with Crippen LogP contribution in [0, 0.1) is 5.92 Å². The van der Waals surface area contributed by atoms with Gasteiger partial charge in [0.25, 0.3) is 0 Å². The van der Waals surface area contributed by atoms with Crippen molar-refractivity contribution >= 4 is 12.0 Å². The molecule has 3 N–H and O–H groups in total. The molecule has 0 bridgehead atoms. The standard InChI is InChI=1S/C12H20N2O5/c15-9-4-10(11(16)17)14(6-9)12(18)13-5-8-2-1-3-19-7-8/h8-10,15H,1-7H2,(H,13,18)(H,16,17)/t8?,9?,10-/m0/s1. The van der Waals surface area contributed by atoms with Crippen molar-refractivity contribution in [3.63, 3.8) is 0 Å². The molecular weight excluding hydrogens is 252 g/mol. The molecule has 7 nitrogen and oxygen atoms in total. The van der Waals surface area contributed by atoms with Crippen molar-refractivity contribution in [1.82, 2.24) is 10.2 Å². The number of amides is 2. The monoisotopic (exact) mass is 272 g/mol. The van der Waals surface area contributed by atoms with Crippen LogP contribution >= 0.6 is 0 Å². The van der Waals surface area contributed by atoms with Crippen molar-refractivity contribution in [1.29, 1.82) is 0 Å². The molecule has 2 rings (SSSR count). The molecule has 2 aliphatic heterocycles. The number of hydrogen-bond acceptors (Lipinski definition) is 4. The lowest BCUT2D eigenvalue weighted by Gasteiger charge is -2.25. The van der Waals surface area contributed by atoms with Gasteiger partial charge in [-0.25, -0.2) is 9.59 Å². The Morgan fingerprint density at radius 3 is 2.84 bits per heavy atom. The number of nitrogens with zero attached hydrogens (tertiary/aromatic N) is 1. The second-order valence-corrected chi connectivity index (χ2v) is 5.17. The average Bonchev–Trinajstić information content (AvgIpc) is 2.79. The number of nitrogens with one attached hydrogen (secondary N) is 1.